The van der Waals surface area contributed by atoms with Crippen LogP contribution in [-0.4, -0.2) is 40.7 Å². The number of aromatic nitrogens is 2. The van der Waals surface area contributed by atoms with Gasteiger partial charge in [0.15, 0.2) is 11.5 Å². The molecular formula is C24H25BrN4O5. The number of hydrogen-bond donors (Lipinski definition) is 4. The first-order chi connectivity index (χ1) is 16.4. The summed E-state index contributed by atoms with van der Waals surface area (Å²) in [6, 6.07) is 13.0. The van der Waals surface area contributed by atoms with Crippen molar-refractivity contribution < 1.29 is 24.4 Å². The molecule has 178 valence electrons. The molecule has 0 radical (unpaired) electrons. The quantitative estimate of drug-likeness (QED) is 0.385. The van der Waals surface area contributed by atoms with Gasteiger partial charge in [0.05, 0.1) is 35.4 Å². The van der Waals surface area contributed by atoms with Crippen molar-refractivity contribution in [2.45, 2.75) is 19.8 Å². The molecule has 10 heteroatoms. The average Bonchev–Trinajstić information content (AvgIpc) is 3.25. The topological polar surface area (TPSA) is 147 Å². The molecule has 0 bridgehead atoms. The summed E-state index contributed by atoms with van der Waals surface area (Å²) < 4.78 is 16.9. The minimum absolute atomic E-state index is 0.0177. The van der Waals surface area contributed by atoms with Crippen LogP contribution in [0.25, 0.3) is 11.3 Å². The molecule has 1 aliphatic rings. The summed E-state index contributed by atoms with van der Waals surface area (Å²) >= 11 is 3.37. The Labute approximate surface area is 205 Å². The second-order valence-corrected chi connectivity index (χ2v) is 7.92. The van der Waals surface area contributed by atoms with E-state index in [1.165, 1.54) is 0 Å². The number of nitrogens with two attached hydrogens (primary N) is 1. The Balaban J connectivity index is 0.00000103. The predicted octanol–water partition coefficient (Wildman–Crippen LogP) is 4.17. The van der Waals surface area contributed by atoms with Crippen molar-refractivity contribution in [2.75, 3.05) is 20.3 Å². The zero-order valence-corrected chi connectivity index (χ0v) is 20.5. The fraction of sp³-hybridized carbons (Fsp3) is 0.250. The number of fused-ring (bicyclic) bond motifs is 1. The lowest BCUT2D eigenvalue weighted by atomic mass is 9.83. The van der Waals surface area contributed by atoms with Gasteiger partial charge in [0.2, 0.25) is 11.8 Å². The highest BCUT2D eigenvalue weighted by Gasteiger charge is 2.36. The van der Waals surface area contributed by atoms with Crippen LogP contribution in [-0.2, 0) is 0 Å². The lowest BCUT2D eigenvalue weighted by molar-refractivity contribution is 0.316. The molecule has 2 aromatic carbocycles. The highest BCUT2D eigenvalue weighted by Crippen LogP contribution is 2.48. The Morgan fingerprint density at radius 3 is 2.53 bits per heavy atom. The maximum atomic E-state index is 10.3. The zero-order valence-electron chi connectivity index (χ0n) is 18.9. The number of hydrogen-bond acceptors (Lipinski definition) is 8. The maximum absolute atomic E-state index is 10.3. The van der Waals surface area contributed by atoms with Gasteiger partial charge in [0, 0.05) is 12.2 Å². The summed E-state index contributed by atoms with van der Waals surface area (Å²) in [6.45, 7) is 4.12. The van der Waals surface area contributed by atoms with Crippen molar-refractivity contribution in [1.29, 1.82) is 5.26 Å². The Morgan fingerprint density at radius 2 is 1.94 bits per heavy atom. The van der Waals surface area contributed by atoms with E-state index in [4.69, 9.17) is 25.1 Å². The Hall–Kier alpha value is -3.68. The molecular weight excluding hydrogens is 504 g/mol. The number of nitriles is 1. The van der Waals surface area contributed by atoms with Gasteiger partial charge in [-0.05, 0) is 71.7 Å². The third kappa shape index (κ3) is 4.81. The van der Waals surface area contributed by atoms with E-state index < -0.39 is 5.92 Å². The molecule has 0 fully saturated rings. The highest BCUT2D eigenvalue weighted by atomic mass is 79.9. The number of aliphatic hydroxyl groups is 1. The Morgan fingerprint density at radius 1 is 1.26 bits per heavy atom. The summed E-state index contributed by atoms with van der Waals surface area (Å²) in [7, 11) is 1.60. The maximum Gasteiger partial charge on any atom is 0.244 e. The monoisotopic (exact) mass is 528 g/mol. The number of nitrogens with zero attached hydrogens (tertiary/aromatic N) is 2. The first kappa shape index (κ1) is 25.0. The molecule has 5 N–H and O–H groups in total. The number of H-pyrrole nitrogens is 1. The minimum atomic E-state index is -0.583. The second kappa shape index (κ2) is 11.0. The number of methoxy groups -OCH3 is 1. The van der Waals surface area contributed by atoms with Crippen molar-refractivity contribution in [3.63, 3.8) is 0 Å². The smallest absolute Gasteiger partial charge is 0.244 e. The van der Waals surface area contributed by atoms with E-state index in [2.05, 4.69) is 32.2 Å². The molecule has 1 aliphatic heterocycles. The third-order valence-electron chi connectivity index (χ3n) is 5.00. The fourth-order valence-electron chi connectivity index (χ4n) is 3.58. The summed E-state index contributed by atoms with van der Waals surface area (Å²) in [5.74, 6) is 0.682. The molecule has 0 spiro atoms. The van der Waals surface area contributed by atoms with Gasteiger partial charge in [0.1, 0.15) is 17.4 Å². The minimum Gasteiger partial charge on any atom is -0.503 e. The fourth-order valence-corrected chi connectivity index (χ4v) is 4.04. The number of benzene rings is 2. The van der Waals surface area contributed by atoms with E-state index in [-0.39, 0.29) is 29.7 Å². The van der Waals surface area contributed by atoms with Crippen molar-refractivity contribution in [2.24, 2.45) is 5.73 Å². The van der Waals surface area contributed by atoms with Crippen LogP contribution in [0.3, 0.4) is 0 Å². The van der Waals surface area contributed by atoms with E-state index in [0.717, 1.165) is 11.3 Å². The number of rotatable bonds is 5. The van der Waals surface area contributed by atoms with Gasteiger partial charge in [-0.2, -0.15) is 5.26 Å². The molecule has 1 aromatic heterocycles. The Kier molecular flexibility index (Phi) is 8.04. The standard InChI is InChI=1S/C22H19BrN4O4.C2H6O/c1-3-30-16-9-12(8-15(23)20(16)28)17-14(10-24)21(25)31-22-18(17)19(26-27-22)11-4-6-13(29-2)7-5-11;1-2-3/h4-9,17,28H,3,25H2,1-2H3,(H,26,27);3H,2H2,1H3. The van der Waals surface area contributed by atoms with E-state index in [1.54, 1.807) is 26.2 Å². The average molecular weight is 529 g/mol. The van der Waals surface area contributed by atoms with Gasteiger partial charge in [0.25, 0.3) is 0 Å². The van der Waals surface area contributed by atoms with Gasteiger partial charge < -0.3 is 30.2 Å². The van der Waals surface area contributed by atoms with Crippen LogP contribution in [0.1, 0.15) is 30.9 Å². The lowest BCUT2D eigenvalue weighted by Crippen LogP contribution is -2.21. The van der Waals surface area contributed by atoms with Crippen molar-refractivity contribution >= 4 is 15.9 Å². The number of aromatic hydroxyl groups is 1. The molecule has 9 nitrogen and oxygen atoms in total. The molecule has 4 rings (SSSR count). The summed E-state index contributed by atoms with van der Waals surface area (Å²) in [4.78, 5) is 0. The summed E-state index contributed by atoms with van der Waals surface area (Å²) in [5, 5.41) is 35.1. The predicted molar refractivity (Wildman–Crippen MR) is 130 cm³/mol. The normalized spacial score (nSPS) is 14.3. The van der Waals surface area contributed by atoms with Crippen LogP contribution in [0.2, 0.25) is 0 Å². The third-order valence-corrected chi connectivity index (χ3v) is 5.61. The highest BCUT2D eigenvalue weighted by molar-refractivity contribution is 9.10. The Bertz CT molecular complexity index is 1230. The zero-order chi connectivity index (χ0) is 24.8. The van der Waals surface area contributed by atoms with Crippen LogP contribution in [0.15, 0.2) is 52.3 Å². The largest absolute Gasteiger partial charge is 0.503 e. The number of nitrogens with one attached hydrogen (secondary N) is 1. The number of aliphatic hydroxyl groups excluding tert-OH is 1. The summed E-state index contributed by atoms with van der Waals surface area (Å²) in [6.07, 6.45) is 0. The van der Waals surface area contributed by atoms with Crippen LogP contribution in [0.4, 0.5) is 0 Å². The second-order valence-electron chi connectivity index (χ2n) is 7.07. The van der Waals surface area contributed by atoms with Crippen LogP contribution < -0.4 is 19.9 Å². The van der Waals surface area contributed by atoms with Crippen LogP contribution in [0, 0.1) is 11.3 Å². The number of ether oxygens (including phenoxy) is 3. The van der Waals surface area contributed by atoms with E-state index in [1.807, 2.05) is 31.2 Å². The summed E-state index contributed by atoms with van der Waals surface area (Å²) in [5.41, 5.74) is 9.17. The van der Waals surface area contributed by atoms with Gasteiger partial charge in [-0.1, -0.05) is 0 Å². The number of phenols is 1. The van der Waals surface area contributed by atoms with Gasteiger partial charge >= 0.3 is 0 Å². The molecule has 1 atom stereocenters. The first-order valence-electron chi connectivity index (χ1n) is 10.5. The van der Waals surface area contributed by atoms with Crippen LogP contribution >= 0.6 is 15.9 Å². The van der Waals surface area contributed by atoms with E-state index in [0.29, 0.717) is 33.6 Å². The molecule has 0 aliphatic carbocycles. The van der Waals surface area contributed by atoms with Crippen LogP contribution in [0.5, 0.6) is 23.1 Å². The molecule has 0 saturated carbocycles. The van der Waals surface area contributed by atoms with Crippen molar-refractivity contribution in [3.8, 4) is 40.5 Å². The number of allylic oxidation sites excluding steroid dienone is 1. The van der Waals surface area contributed by atoms with E-state index in [9.17, 15) is 10.4 Å². The number of phenolic OH excluding ortho intramolecular Hbond substituents is 1. The van der Waals surface area contributed by atoms with Crippen molar-refractivity contribution in [1.82, 2.24) is 10.2 Å². The SMILES string of the molecule is CCO.CCOc1cc(C2C(C#N)=C(N)Oc3n[nH]c(-c4ccc(OC)cc4)c32)cc(Br)c1O. The van der Waals surface area contributed by atoms with E-state index >= 15 is 0 Å². The number of halogens is 1. The first-order valence-corrected chi connectivity index (χ1v) is 11.3. The van der Waals surface area contributed by atoms with Gasteiger partial charge in [-0.3, -0.25) is 5.10 Å². The molecule has 0 amide bonds. The van der Waals surface area contributed by atoms with Gasteiger partial charge in [-0.25, -0.2) is 0 Å². The molecule has 1 unspecified atom stereocenters. The van der Waals surface area contributed by atoms with Gasteiger partial charge in [-0.15, -0.1) is 5.10 Å². The molecule has 0 saturated heterocycles. The number of aromatic amines is 1. The molecule has 3 aromatic rings. The molecule has 34 heavy (non-hydrogen) atoms. The lowest BCUT2D eigenvalue weighted by Gasteiger charge is -2.25. The molecule has 2 heterocycles. The van der Waals surface area contributed by atoms with Crippen molar-refractivity contribution in [3.05, 3.63) is 63.5 Å².